The Bertz CT molecular complexity index is 508. The molecule has 0 saturated heterocycles. The minimum Gasteiger partial charge on any atom is -0.496 e. The van der Waals surface area contributed by atoms with Crippen LogP contribution in [0, 0.1) is 0 Å². The summed E-state index contributed by atoms with van der Waals surface area (Å²) < 4.78 is 5.34. The molecule has 0 aromatic heterocycles. The Labute approximate surface area is 117 Å². The van der Waals surface area contributed by atoms with E-state index in [4.69, 9.17) is 9.84 Å². The number of carboxylic acid groups (broad SMARTS) is 1. The van der Waals surface area contributed by atoms with E-state index in [2.05, 4.69) is 5.32 Å². The van der Waals surface area contributed by atoms with Crippen LogP contribution in [0.4, 0.5) is 0 Å². The number of methoxy groups -OCH3 is 1. The van der Waals surface area contributed by atoms with E-state index in [9.17, 15) is 9.59 Å². The van der Waals surface area contributed by atoms with E-state index in [0.29, 0.717) is 6.42 Å². The maximum Gasteiger partial charge on any atom is 0.303 e. The van der Waals surface area contributed by atoms with Gasteiger partial charge in [-0.3, -0.25) is 9.59 Å². The van der Waals surface area contributed by atoms with E-state index in [0.717, 1.165) is 24.2 Å². The smallest absolute Gasteiger partial charge is 0.303 e. The van der Waals surface area contributed by atoms with E-state index in [1.54, 1.807) is 7.11 Å². The summed E-state index contributed by atoms with van der Waals surface area (Å²) in [6.45, 7) is 0. The van der Waals surface area contributed by atoms with Crippen LogP contribution in [-0.2, 0) is 15.1 Å². The van der Waals surface area contributed by atoms with Crippen molar-refractivity contribution in [3.05, 3.63) is 29.8 Å². The van der Waals surface area contributed by atoms with Crippen LogP contribution in [-0.4, -0.2) is 24.1 Å². The van der Waals surface area contributed by atoms with Gasteiger partial charge in [0.2, 0.25) is 5.91 Å². The molecule has 2 rings (SSSR count). The van der Waals surface area contributed by atoms with Gasteiger partial charge in [0.25, 0.3) is 0 Å². The number of carboxylic acids is 1. The molecule has 108 valence electrons. The van der Waals surface area contributed by atoms with Crippen molar-refractivity contribution in [1.29, 1.82) is 0 Å². The van der Waals surface area contributed by atoms with Crippen molar-refractivity contribution in [2.24, 2.45) is 0 Å². The minimum absolute atomic E-state index is 0.0229. The van der Waals surface area contributed by atoms with Crippen molar-refractivity contribution in [1.82, 2.24) is 5.32 Å². The SMILES string of the molecule is COc1ccccc1C1(NC(=O)CCCC(=O)O)CC1. The van der Waals surface area contributed by atoms with Crippen molar-refractivity contribution in [3.8, 4) is 5.75 Å². The lowest BCUT2D eigenvalue weighted by Gasteiger charge is -2.20. The largest absolute Gasteiger partial charge is 0.496 e. The number of hydrogen-bond acceptors (Lipinski definition) is 3. The van der Waals surface area contributed by atoms with Crippen molar-refractivity contribution >= 4 is 11.9 Å². The average molecular weight is 277 g/mol. The van der Waals surface area contributed by atoms with Crippen molar-refractivity contribution in [2.75, 3.05) is 7.11 Å². The second kappa shape index (κ2) is 5.94. The normalized spacial score (nSPS) is 15.4. The predicted molar refractivity (Wildman–Crippen MR) is 73.5 cm³/mol. The fourth-order valence-electron chi connectivity index (χ4n) is 2.36. The van der Waals surface area contributed by atoms with Crippen LogP contribution < -0.4 is 10.1 Å². The summed E-state index contributed by atoms with van der Waals surface area (Å²) in [5, 5.41) is 11.6. The van der Waals surface area contributed by atoms with Crippen LogP contribution in [0.1, 0.15) is 37.7 Å². The van der Waals surface area contributed by atoms with E-state index >= 15 is 0 Å². The third-order valence-electron chi connectivity index (χ3n) is 3.55. The van der Waals surface area contributed by atoms with E-state index in [1.165, 1.54) is 0 Å². The number of rotatable bonds is 7. The fourth-order valence-corrected chi connectivity index (χ4v) is 2.36. The summed E-state index contributed by atoms with van der Waals surface area (Å²) in [6.07, 6.45) is 2.40. The summed E-state index contributed by atoms with van der Waals surface area (Å²) >= 11 is 0. The Balaban J connectivity index is 1.98. The highest BCUT2D eigenvalue weighted by molar-refractivity contribution is 5.78. The van der Waals surface area contributed by atoms with Gasteiger partial charge in [-0.25, -0.2) is 0 Å². The molecule has 1 aliphatic rings. The predicted octanol–water partition coefficient (Wildman–Crippen LogP) is 2.06. The molecule has 2 N–H and O–H groups in total. The highest BCUT2D eigenvalue weighted by Crippen LogP contribution is 2.48. The number of nitrogens with one attached hydrogen (secondary N) is 1. The number of carbonyl (C=O) groups excluding carboxylic acids is 1. The third-order valence-corrected chi connectivity index (χ3v) is 3.55. The Morgan fingerprint density at radius 1 is 1.30 bits per heavy atom. The van der Waals surface area contributed by atoms with Gasteiger partial charge in [0.15, 0.2) is 0 Å². The second-order valence-corrected chi connectivity index (χ2v) is 5.08. The number of hydrogen-bond donors (Lipinski definition) is 2. The van der Waals surface area contributed by atoms with Gasteiger partial charge in [-0.2, -0.15) is 0 Å². The zero-order valence-corrected chi connectivity index (χ0v) is 11.5. The van der Waals surface area contributed by atoms with Crippen LogP contribution in [0.5, 0.6) is 5.75 Å². The van der Waals surface area contributed by atoms with E-state index < -0.39 is 5.97 Å². The number of aliphatic carboxylic acids is 1. The molecule has 1 aliphatic carbocycles. The number of ether oxygens (including phenoxy) is 1. The van der Waals surface area contributed by atoms with Crippen LogP contribution in [0.25, 0.3) is 0 Å². The number of amides is 1. The van der Waals surface area contributed by atoms with Crippen LogP contribution in [0.2, 0.25) is 0 Å². The molecule has 0 radical (unpaired) electrons. The van der Waals surface area contributed by atoms with Gasteiger partial charge < -0.3 is 15.2 Å². The maximum absolute atomic E-state index is 11.9. The highest BCUT2D eigenvalue weighted by Gasteiger charge is 2.47. The molecule has 5 heteroatoms. The molecule has 0 aliphatic heterocycles. The molecular weight excluding hydrogens is 258 g/mol. The molecule has 1 amide bonds. The van der Waals surface area contributed by atoms with Crippen molar-refractivity contribution in [3.63, 3.8) is 0 Å². The standard InChI is InChI=1S/C15H19NO4/c1-20-12-6-3-2-5-11(12)15(9-10-15)16-13(17)7-4-8-14(18)19/h2-3,5-6H,4,7-10H2,1H3,(H,16,17)(H,18,19). The molecule has 1 saturated carbocycles. The Kier molecular flexibility index (Phi) is 4.27. The summed E-state index contributed by atoms with van der Waals surface area (Å²) in [5.74, 6) is -0.200. The summed E-state index contributed by atoms with van der Waals surface area (Å²) in [7, 11) is 1.61. The Hall–Kier alpha value is -2.04. The van der Waals surface area contributed by atoms with E-state index in [-0.39, 0.29) is 24.3 Å². The lowest BCUT2D eigenvalue weighted by Crippen LogP contribution is -2.35. The quantitative estimate of drug-likeness (QED) is 0.800. The Morgan fingerprint density at radius 3 is 2.60 bits per heavy atom. The molecule has 1 aromatic carbocycles. The van der Waals surface area contributed by atoms with Gasteiger partial charge in [0, 0.05) is 18.4 Å². The summed E-state index contributed by atoms with van der Waals surface area (Å²) in [4.78, 5) is 22.3. The number of benzene rings is 1. The lowest BCUT2D eigenvalue weighted by atomic mass is 10.0. The lowest BCUT2D eigenvalue weighted by molar-refractivity contribution is -0.137. The molecular formula is C15H19NO4. The van der Waals surface area contributed by atoms with Gasteiger partial charge in [0.1, 0.15) is 5.75 Å². The first-order valence-corrected chi connectivity index (χ1v) is 6.74. The molecule has 20 heavy (non-hydrogen) atoms. The average Bonchev–Trinajstić information content (AvgIpc) is 3.19. The molecule has 1 aromatic rings. The first-order valence-electron chi connectivity index (χ1n) is 6.74. The number of para-hydroxylation sites is 1. The third kappa shape index (κ3) is 3.29. The van der Waals surface area contributed by atoms with Crippen LogP contribution >= 0.6 is 0 Å². The molecule has 1 fully saturated rings. The van der Waals surface area contributed by atoms with Gasteiger partial charge in [-0.05, 0) is 25.3 Å². The monoisotopic (exact) mass is 277 g/mol. The maximum atomic E-state index is 11.9. The number of carbonyl (C=O) groups is 2. The van der Waals surface area contributed by atoms with Crippen molar-refractivity contribution < 1.29 is 19.4 Å². The minimum atomic E-state index is -0.872. The van der Waals surface area contributed by atoms with Crippen LogP contribution in [0.15, 0.2) is 24.3 Å². The van der Waals surface area contributed by atoms with E-state index in [1.807, 2.05) is 24.3 Å². The fraction of sp³-hybridized carbons (Fsp3) is 0.467. The highest BCUT2D eigenvalue weighted by atomic mass is 16.5. The second-order valence-electron chi connectivity index (χ2n) is 5.08. The van der Waals surface area contributed by atoms with Gasteiger partial charge in [-0.1, -0.05) is 18.2 Å². The zero-order valence-electron chi connectivity index (χ0n) is 11.5. The van der Waals surface area contributed by atoms with Gasteiger partial charge in [0.05, 0.1) is 12.6 Å². The van der Waals surface area contributed by atoms with Crippen molar-refractivity contribution in [2.45, 2.75) is 37.6 Å². The van der Waals surface area contributed by atoms with Gasteiger partial charge in [-0.15, -0.1) is 0 Å². The zero-order chi connectivity index (χ0) is 14.6. The first-order chi connectivity index (χ1) is 9.57. The topological polar surface area (TPSA) is 75.6 Å². The molecule has 0 spiro atoms. The van der Waals surface area contributed by atoms with Gasteiger partial charge >= 0.3 is 5.97 Å². The summed E-state index contributed by atoms with van der Waals surface area (Å²) in [5.41, 5.74) is 0.668. The molecule has 0 bridgehead atoms. The summed E-state index contributed by atoms with van der Waals surface area (Å²) in [6, 6.07) is 7.66. The molecule has 5 nitrogen and oxygen atoms in total. The Morgan fingerprint density at radius 2 is 2.00 bits per heavy atom. The van der Waals surface area contributed by atoms with Crippen LogP contribution in [0.3, 0.4) is 0 Å². The molecule has 0 unspecified atom stereocenters. The molecule has 0 heterocycles. The first kappa shape index (κ1) is 14.4. The molecule has 0 atom stereocenters.